The fourth-order valence-corrected chi connectivity index (χ4v) is 1.37. The molecule has 0 spiro atoms. The predicted octanol–water partition coefficient (Wildman–Crippen LogP) is 1.36. The van der Waals surface area contributed by atoms with Crippen LogP contribution in [0.2, 0.25) is 0 Å². The third-order valence-corrected chi connectivity index (χ3v) is 2.41. The van der Waals surface area contributed by atoms with Gasteiger partial charge in [-0.15, -0.1) is 0 Å². The number of para-hydroxylation sites is 1. The largest absolute Gasteiger partial charge is 0.398 e. The summed E-state index contributed by atoms with van der Waals surface area (Å²) in [5.74, 6) is 0.815. The Labute approximate surface area is 88.1 Å². The normalized spacial score (nSPS) is 9.79. The van der Waals surface area contributed by atoms with Crippen molar-refractivity contribution < 1.29 is 4.79 Å². The lowest BCUT2D eigenvalue weighted by atomic mass is 10.2. The van der Waals surface area contributed by atoms with Crippen molar-refractivity contribution in [2.45, 2.75) is 0 Å². The van der Waals surface area contributed by atoms with Crippen molar-refractivity contribution in [2.24, 2.45) is 0 Å². The topological polar surface area (TPSA) is 55.1 Å². The number of anilines is 1. The van der Waals surface area contributed by atoms with Gasteiger partial charge in [-0.25, -0.2) is 0 Å². The van der Waals surface area contributed by atoms with Crippen LogP contribution < -0.4 is 11.1 Å². The first-order chi connectivity index (χ1) is 6.75. The lowest BCUT2D eigenvalue weighted by Gasteiger charge is -2.05. The molecule has 0 radical (unpaired) electrons. The zero-order valence-electron chi connectivity index (χ0n) is 8.12. The Kier molecular flexibility index (Phi) is 4.32. The number of hydrogen-bond acceptors (Lipinski definition) is 3. The first-order valence-electron chi connectivity index (χ1n) is 4.37. The van der Waals surface area contributed by atoms with Crippen molar-refractivity contribution in [1.29, 1.82) is 0 Å². The molecule has 0 heterocycles. The third kappa shape index (κ3) is 2.96. The average molecular weight is 210 g/mol. The number of nitrogen functional groups attached to an aromatic ring is 1. The molecule has 0 saturated carbocycles. The van der Waals surface area contributed by atoms with Crippen LogP contribution in [0.5, 0.6) is 0 Å². The molecule has 3 nitrogen and oxygen atoms in total. The van der Waals surface area contributed by atoms with E-state index in [2.05, 4.69) is 5.32 Å². The van der Waals surface area contributed by atoms with Gasteiger partial charge in [0.1, 0.15) is 0 Å². The van der Waals surface area contributed by atoms with Crippen LogP contribution in [0.4, 0.5) is 5.69 Å². The van der Waals surface area contributed by atoms with E-state index in [0.717, 1.165) is 5.75 Å². The van der Waals surface area contributed by atoms with Gasteiger partial charge in [0.05, 0.1) is 5.56 Å². The molecule has 0 bridgehead atoms. The molecule has 1 aromatic carbocycles. The Bertz CT molecular complexity index is 315. The fourth-order valence-electron chi connectivity index (χ4n) is 1.07. The van der Waals surface area contributed by atoms with E-state index < -0.39 is 0 Å². The van der Waals surface area contributed by atoms with E-state index in [1.807, 2.05) is 12.3 Å². The van der Waals surface area contributed by atoms with Gasteiger partial charge in [-0.1, -0.05) is 12.1 Å². The lowest BCUT2D eigenvalue weighted by Crippen LogP contribution is -2.26. The molecule has 0 fully saturated rings. The van der Waals surface area contributed by atoms with Crippen LogP contribution >= 0.6 is 11.8 Å². The Hall–Kier alpha value is -1.16. The van der Waals surface area contributed by atoms with Crippen molar-refractivity contribution >= 4 is 23.4 Å². The second-order valence-corrected chi connectivity index (χ2v) is 3.82. The van der Waals surface area contributed by atoms with Crippen LogP contribution in [-0.2, 0) is 0 Å². The highest BCUT2D eigenvalue weighted by Crippen LogP contribution is 2.09. The molecule has 3 N–H and O–H groups in total. The Morgan fingerprint density at radius 2 is 2.21 bits per heavy atom. The number of carbonyl (C=O) groups excluding carboxylic acids is 1. The summed E-state index contributed by atoms with van der Waals surface area (Å²) in [5.41, 5.74) is 6.73. The number of benzene rings is 1. The standard InChI is InChI=1S/C10H14N2OS/c1-14-7-6-12-10(13)8-4-2-3-5-9(8)11/h2-5H,6-7,11H2,1H3,(H,12,13). The number of rotatable bonds is 4. The number of carbonyl (C=O) groups is 1. The quantitative estimate of drug-likeness (QED) is 0.583. The fraction of sp³-hybridized carbons (Fsp3) is 0.300. The van der Waals surface area contributed by atoms with Gasteiger partial charge < -0.3 is 11.1 Å². The van der Waals surface area contributed by atoms with Crippen molar-refractivity contribution in [3.05, 3.63) is 29.8 Å². The summed E-state index contributed by atoms with van der Waals surface area (Å²) >= 11 is 1.70. The number of nitrogens with two attached hydrogens (primary N) is 1. The highest BCUT2D eigenvalue weighted by atomic mass is 32.2. The molecule has 0 aliphatic heterocycles. The Morgan fingerprint density at radius 3 is 2.86 bits per heavy atom. The molecule has 4 heteroatoms. The first-order valence-corrected chi connectivity index (χ1v) is 5.76. The lowest BCUT2D eigenvalue weighted by molar-refractivity contribution is 0.0957. The molecular formula is C10H14N2OS. The number of hydrogen-bond donors (Lipinski definition) is 2. The molecule has 76 valence electrons. The molecular weight excluding hydrogens is 196 g/mol. The summed E-state index contributed by atoms with van der Waals surface area (Å²) in [6, 6.07) is 7.07. The second kappa shape index (κ2) is 5.54. The smallest absolute Gasteiger partial charge is 0.253 e. The van der Waals surface area contributed by atoms with E-state index in [9.17, 15) is 4.79 Å². The van der Waals surface area contributed by atoms with Gasteiger partial charge in [0.25, 0.3) is 5.91 Å². The van der Waals surface area contributed by atoms with E-state index in [0.29, 0.717) is 17.8 Å². The maximum absolute atomic E-state index is 11.5. The van der Waals surface area contributed by atoms with Gasteiger partial charge in [-0.2, -0.15) is 11.8 Å². The van der Waals surface area contributed by atoms with E-state index in [1.165, 1.54) is 0 Å². The summed E-state index contributed by atoms with van der Waals surface area (Å²) < 4.78 is 0. The average Bonchev–Trinajstić information content (AvgIpc) is 2.18. The first kappa shape index (κ1) is 10.9. The maximum atomic E-state index is 11.5. The minimum absolute atomic E-state index is 0.0999. The molecule has 1 rings (SSSR count). The van der Waals surface area contributed by atoms with Crippen LogP contribution in [-0.4, -0.2) is 24.5 Å². The molecule has 0 unspecified atom stereocenters. The maximum Gasteiger partial charge on any atom is 0.253 e. The van der Waals surface area contributed by atoms with E-state index >= 15 is 0 Å². The van der Waals surface area contributed by atoms with Crippen molar-refractivity contribution in [3.8, 4) is 0 Å². The van der Waals surface area contributed by atoms with Crippen LogP contribution in [0.3, 0.4) is 0 Å². The second-order valence-electron chi connectivity index (χ2n) is 2.84. The molecule has 14 heavy (non-hydrogen) atoms. The predicted molar refractivity (Wildman–Crippen MR) is 61.6 cm³/mol. The van der Waals surface area contributed by atoms with Crippen molar-refractivity contribution in [1.82, 2.24) is 5.32 Å². The summed E-state index contributed by atoms with van der Waals surface area (Å²) in [7, 11) is 0. The van der Waals surface area contributed by atoms with Crippen molar-refractivity contribution in [3.63, 3.8) is 0 Å². The van der Waals surface area contributed by atoms with Gasteiger partial charge in [-0.05, 0) is 18.4 Å². The van der Waals surface area contributed by atoms with Gasteiger partial charge in [-0.3, -0.25) is 4.79 Å². The van der Waals surface area contributed by atoms with Gasteiger partial charge in [0.2, 0.25) is 0 Å². The molecule has 0 aliphatic rings. The zero-order valence-corrected chi connectivity index (χ0v) is 8.93. The molecule has 0 atom stereocenters. The Morgan fingerprint density at radius 1 is 1.50 bits per heavy atom. The SMILES string of the molecule is CSCCNC(=O)c1ccccc1N. The molecule has 1 amide bonds. The van der Waals surface area contributed by atoms with E-state index in [4.69, 9.17) is 5.73 Å². The van der Waals surface area contributed by atoms with Crippen LogP contribution in [0.25, 0.3) is 0 Å². The minimum atomic E-state index is -0.0999. The van der Waals surface area contributed by atoms with Crippen LogP contribution in [0.15, 0.2) is 24.3 Å². The summed E-state index contributed by atoms with van der Waals surface area (Å²) in [4.78, 5) is 11.5. The monoisotopic (exact) mass is 210 g/mol. The number of nitrogens with one attached hydrogen (secondary N) is 1. The van der Waals surface area contributed by atoms with Crippen LogP contribution in [0.1, 0.15) is 10.4 Å². The third-order valence-electron chi connectivity index (χ3n) is 1.80. The number of amides is 1. The Balaban J connectivity index is 2.56. The molecule has 0 aromatic heterocycles. The van der Waals surface area contributed by atoms with Crippen LogP contribution in [0, 0.1) is 0 Å². The van der Waals surface area contributed by atoms with E-state index in [1.54, 1.807) is 30.0 Å². The highest BCUT2D eigenvalue weighted by Gasteiger charge is 2.06. The summed E-state index contributed by atoms with van der Waals surface area (Å²) in [6.45, 7) is 0.675. The van der Waals surface area contributed by atoms with Gasteiger partial charge in [0.15, 0.2) is 0 Å². The minimum Gasteiger partial charge on any atom is -0.398 e. The summed E-state index contributed by atoms with van der Waals surface area (Å²) in [5, 5.41) is 2.80. The van der Waals surface area contributed by atoms with Gasteiger partial charge in [0, 0.05) is 18.0 Å². The molecule has 1 aromatic rings. The number of thioether (sulfide) groups is 1. The summed E-state index contributed by atoms with van der Waals surface area (Å²) in [6.07, 6.45) is 2.00. The van der Waals surface area contributed by atoms with Crippen molar-refractivity contribution in [2.75, 3.05) is 24.3 Å². The highest BCUT2D eigenvalue weighted by molar-refractivity contribution is 7.98. The van der Waals surface area contributed by atoms with Gasteiger partial charge >= 0.3 is 0 Å². The molecule has 0 aliphatic carbocycles. The van der Waals surface area contributed by atoms with E-state index in [-0.39, 0.29) is 5.91 Å². The molecule has 0 saturated heterocycles. The zero-order chi connectivity index (χ0) is 10.4.